The predicted molar refractivity (Wildman–Crippen MR) is 105 cm³/mol. The molecule has 2 aliphatic rings. The number of rotatable bonds is 3. The van der Waals surface area contributed by atoms with Crippen molar-refractivity contribution in [1.29, 1.82) is 0 Å². The van der Waals surface area contributed by atoms with Crippen molar-refractivity contribution >= 4 is 34.5 Å². The molecule has 1 aromatic carbocycles. The van der Waals surface area contributed by atoms with Gasteiger partial charge in [-0.15, -0.1) is 11.3 Å². The van der Waals surface area contributed by atoms with Gasteiger partial charge in [0.15, 0.2) is 5.82 Å². The SMILES string of the molecule is O=C1CC(c2noc(-c3cc4c(s3)CCCC4)n2)CN1c1ccc(F)c(Cl)c1. The molecule has 28 heavy (non-hydrogen) atoms. The first-order valence-electron chi connectivity index (χ1n) is 9.29. The molecule has 5 nitrogen and oxygen atoms in total. The molecular formula is C20H17ClFN3O2S. The van der Waals surface area contributed by atoms with Crippen LogP contribution in [0.4, 0.5) is 10.1 Å². The van der Waals surface area contributed by atoms with Crippen molar-refractivity contribution in [2.45, 2.75) is 38.0 Å². The Hall–Kier alpha value is -2.25. The lowest BCUT2D eigenvalue weighted by Gasteiger charge is -2.16. The Labute approximate surface area is 170 Å². The fourth-order valence-corrected chi connectivity index (χ4v) is 5.23. The summed E-state index contributed by atoms with van der Waals surface area (Å²) in [6, 6.07) is 6.45. The summed E-state index contributed by atoms with van der Waals surface area (Å²) < 4.78 is 18.9. The number of thiophene rings is 1. The summed E-state index contributed by atoms with van der Waals surface area (Å²) in [6.45, 7) is 0.417. The molecule has 0 bridgehead atoms. The van der Waals surface area contributed by atoms with Crippen LogP contribution in [-0.4, -0.2) is 22.6 Å². The molecule has 0 radical (unpaired) electrons. The van der Waals surface area contributed by atoms with Crippen LogP contribution >= 0.6 is 22.9 Å². The summed E-state index contributed by atoms with van der Waals surface area (Å²) in [5.74, 6) is 0.319. The monoisotopic (exact) mass is 417 g/mol. The minimum absolute atomic E-state index is 0.00254. The second kappa shape index (κ2) is 6.97. The first-order chi connectivity index (χ1) is 13.6. The number of hydrogen-bond donors (Lipinski definition) is 0. The van der Waals surface area contributed by atoms with Gasteiger partial charge in [-0.3, -0.25) is 4.79 Å². The molecule has 144 valence electrons. The van der Waals surface area contributed by atoms with Crippen molar-refractivity contribution in [3.05, 3.63) is 51.4 Å². The van der Waals surface area contributed by atoms with Gasteiger partial charge in [-0.25, -0.2) is 4.39 Å². The van der Waals surface area contributed by atoms with E-state index < -0.39 is 5.82 Å². The largest absolute Gasteiger partial charge is 0.333 e. The summed E-state index contributed by atoms with van der Waals surface area (Å²) in [7, 11) is 0. The molecule has 2 aromatic heterocycles. The van der Waals surface area contributed by atoms with Gasteiger partial charge in [-0.1, -0.05) is 16.8 Å². The van der Waals surface area contributed by atoms with Crippen LogP contribution in [0.3, 0.4) is 0 Å². The number of benzene rings is 1. The van der Waals surface area contributed by atoms with Crippen LogP contribution in [-0.2, 0) is 17.6 Å². The number of nitrogens with zero attached hydrogens (tertiary/aromatic N) is 3. The third kappa shape index (κ3) is 3.12. The fourth-order valence-electron chi connectivity index (χ4n) is 3.88. The van der Waals surface area contributed by atoms with Crippen LogP contribution < -0.4 is 4.90 Å². The quantitative estimate of drug-likeness (QED) is 0.602. The molecular weight excluding hydrogens is 401 g/mol. The van der Waals surface area contributed by atoms with Crippen molar-refractivity contribution in [1.82, 2.24) is 10.1 Å². The van der Waals surface area contributed by atoms with Gasteiger partial charge in [0, 0.05) is 29.4 Å². The molecule has 1 amide bonds. The van der Waals surface area contributed by atoms with Crippen LogP contribution in [0.2, 0.25) is 5.02 Å². The molecule has 0 spiro atoms. The summed E-state index contributed by atoms with van der Waals surface area (Å²) in [6.07, 6.45) is 4.97. The molecule has 5 rings (SSSR count). The average Bonchev–Trinajstić information content (AvgIpc) is 3.41. The highest BCUT2D eigenvalue weighted by Gasteiger charge is 2.35. The zero-order valence-electron chi connectivity index (χ0n) is 15.0. The van der Waals surface area contributed by atoms with Crippen molar-refractivity contribution in [2.75, 3.05) is 11.4 Å². The Morgan fingerprint density at radius 3 is 2.93 bits per heavy atom. The first-order valence-corrected chi connectivity index (χ1v) is 10.5. The van der Waals surface area contributed by atoms with Crippen molar-refractivity contribution < 1.29 is 13.7 Å². The maximum absolute atomic E-state index is 13.4. The molecule has 0 saturated carbocycles. The van der Waals surface area contributed by atoms with Crippen molar-refractivity contribution in [2.24, 2.45) is 0 Å². The van der Waals surface area contributed by atoms with E-state index in [0.717, 1.165) is 17.7 Å². The number of halogens is 2. The van der Waals surface area contributed by atoms with Gasteiger partial charge in [-0.05, 0) is 55.5 Å². The fraction of sp³-hybridized carbons (Fsp3) is 0.350. The van der Waals surface area contributed by atoms with Gasteiger partial charge in [-0.2, -0.15) is 4.98 Å². The number of fused-ring (bicyclic) bond motifs is 1. The maximum atomic E-state index is 13.4. The van der Waals surface area contributed by atoms with Gasteiger partial charge < -0.3 is 9.42 Å². The molecule has 1 saturated heterocycles. The van der Waals surface area contributed by atoms with E-state index in [4.69, 9.17) is 16.1 Å². The van der Waals surface area contributed by atoms with E-state index in [-0.39, 0.29) is 23.3 Å². The second-order valence-electron chi connectivity index (χ2n) is 7.23. The highest BCUT2D eigenvalue weighted by molar-refractivity contribution is 7.15. The molecule has 8 heteroatoms. The number of amides is 1. The van der Waals surface area contributed by atoms with Crippen molar-refractivity contribution in [3.63, 3.8) is 0 Å². The lowest BCUT2D eigenvalue weighted by atomic mass is 9.99. The molecule has 1 atom stereocenters. The van der Waals surface area contributed by atoms with E-state index in [2.05, 4.69) is 16.2 Å². The number of carbonyl (C=O) groups excluding carboxylic acids is 1. The smallest absolute Gasteiger partial charge is 0.268 e. The molecule has 1 aliphatic heterocycles. The summed E-state index contributed by atoms with van der Waals surface area (Å²) in [5.41, 5.74) is 1.97. The van der Waals surface area contributed by atoms with E-state index in [9.17, 15) is 9.18 Å². The Bertz CT molecular complexity index is 1040. The van der Waals surface area contributed by atoms with Gasteiger partial charge in [0.2, 0.25) is 5.91 Å². The van der Waals surface area contributed by atoms with Gasteiger partial charge in [0.05, 0.1) is 9.90 Å². The topological polar surface area (TPSA) is 59.2 Å². The Morgan fingerprint density at radius 2 is 2.11 bits per heavy atom. The summed E-state index contributed by atoms with van der Waals surface area (Å²) in [4.78, 5) is 21.0. The van der Waals surface area contributed by atoms with Crippen LogP contribution in [0.1, 0.15) is 41.4 Å². The maximum Gasteiger partial charge on any atom is 0.268 e. The van der Waals surface area contributed by atoms with Crippen molar-refractivity contribution in [3.8, 4) is 10.8 Å². The number of aromatic nitrogens is 2. The van der Waals surface area contributed by atoms with E-state index in [1.165, 1.54) is 35.4 Å². The lowest BCUT2D eigenvalue weighted by Crippen LogP contribution is -2.24. The molecule has 1 aliphatic carbocycles. The summed E-state index contributed by atoms with van der Waals surface area (Å²) >= 11 is 7.58. The zero-order chi connectivity index (χ0) is 19.3. The highest BCUT2D eigenvalue weighted by atomic mass is 35.5. The third-order valence-corrected chi connectivity index (χ3v) is 6.87. The zero-order valence-corrected chi connectivity index (χ0v) is 16.5. The van der Waals surface area contributed by atoms with Gasteiger partial charge >= 0.3 is 0 Å². The number of hydrogen-bond acceptors (Lipinski definition) is 5. The number of anilines is 1. The van der Waals surface area contributed by atoms with E-state index in [0.29, 0.717) is 23.9 Å². The Balaban J connectivity index is 1.37. The average molecular weight is 418 g/mol. The highest BCUT2D eigenvalue weighted by Crippen LogP contribution is 2.37. The number of aryl methyl sites for hydroxylation is 2. The second-order valence-corrected chi connectivity index (χ2v) is 8.77. The minimum Gasteiger partial charge on any atom is -0.333 e. The van der Waals surface area contributed by atoms with Gasteiger partial charge in [0.25, 0.3) is 5.89 Å². The third-order valence-electron chi connectivity index (χ3n) is 5.35. The van der Waals surface area contributed by atoms with Gasteiger partial charge in [0.1, 0.15) is 5.82 Å². The lowest BCUT2D eigenvalue weighted by molar-refractivity contribution is -0.117. The van der Waals surface area contributed by atoms with E-state index in [1.807, 2.05) is 0 Å². The van der Waals surface area contributed by atoms with E-state index >= 15 is 0 Å². The van der Waals surface area contributed by atoms with Crippen LogP contribution in [0.25, 0.3) is 10.8 Å². The van der Waals surface area contributed by atoms with Crippen LogP contribution in [0, 0.1) is 5.82 Å². The molecule has 0 N–H and O–H groups in total. The standard InChI is InChI=1S/C20H17ClFN3O2S/c21-14-9-13(5-6-15(14)22)25-10-12(8-18(25)26)19-23-20(27-24-19)17-7-11-3-1-2-4-16(11)28-17/h5-7,9,12H,1-4,8,10H2. The molecule has 1 unspecified atom stereocenters. The minimum atomic E-state index is -0.505. The van der Waals surface area contributed by atoms with Crippen LogP contribution in [0.5, 0.6) is 0 Å². The summed E-state index contributed by atoms with van der Waals surface area (Å²) in [5, 5.41) is 4.13. The Morgan fingerprint density at radius 1 is 1.25 bits per heavy atom. The molecule has 3 aromatic rings. The number of carbonyl (C=O) groups is 1. The van der Waals surface area contributed by atoms with Crippen LogP contribution in [0.15, 0.2) is 28.8 Å². The normalized spacial score (nSPS) is 19.3. The van der Waals surface area contributed by atoms with E-state index in [1.54, 1.807) is 22.3 Å². The predicted octanol–water partition coefficient (Wildman–Crippen LogP) is 4.99. The first kappa shape index (κ1) is 17.8. The molecule has 1 fully saturated rings. The molecule has 3 heterocycles. The Kier molecular flexibility index (Phi) is 4.44.